The molecule has 3 aromatic rings. The molecule has 0 aliphatic carbocycles. The van der Waals surface area contributed by atoms with Gasteiger partial charge in [0.15, 0.2) is 11.0 Å². The summed E-state index contributed by atoms with van der Waals surface area (Å²) in [7, 11) is 1.87. The molecule has 1 N–H and O–H groups in total. The van der Waals surface area contributed by atoms with Crippen LogP contribution in [0.3, 0.4) is 0 Å². The molecule has 0 saturated heterocycles. The van der Waals surface area contributed by atoms with E-state index in [-0.39, 0.29) is 11.2 Å². The van der Waals surface area contributed by atoms with Gasteiger partial charge in [-0.2, -0.15) is 0 Å². The summed E-state index contributed by atoms with van der Waals surface area (Å²) in [5.41, 5.74) is 1.78. The van der Waals surface area contributed by atoms with Gasteiger partial charge in [0.05, 0.1) is 17.1 Å². The summed E-state index contributed by atoms with van der Waals surface area (Å²) in [5.74, 6) is 1.41. The van der Waals surface area contributed by atoms with Crippen molar-refractivity contribution >= 4 is 29.3 Å². The number of aryl methyl sites for hydroxylation is 1. The number of furan rings is 1. The molecule has 2 heterocycles. The standard InChI is InChI=1S/C18H19ClN4O2S/c1-11-14(8-9-25-11)16-21-22-18(23(16)3)26-12(2)17(24)20-10-13-6-4-5-7-15(13)19/h4-9,12H,10H2,1-3H3,(H,20,24). The first-order chi connectivity index (χ1) is 12.5. The molecule has 0 radical (unpaired) electrons. The Morgan fingerprint density at radius 1 is 1.35 bits per heavy atom. The normalized spacial score (nSPS) is 12.2. The average Bonchev–Trinajstić information content (AvgIpc) is 3.20. The minimum absolute atomic E-state index is 0.0843. The van der Waals surface area contributed by atoms with Crippen LogP contribution in [0.15, 0.2) is 46.2 Å². The smallest absolute Gasteiger partial charge is 0.233 e. The van der Waals surface area contributed by atoms with Crippen molar-refractivity contribution in [3.8, 4) is 11.4 Å². The molecular weight excluding hydrogens is 372 g/mol. The van der Waals surface area contributed by atoms with Gasteiger partial charge in [-0.25, -0.2) is 0 Å². The van der Waals surface area contributed by atoms with Crippen LogP contribution < -0.4 is 5.32 Å². The number of thioether (sulfide) groups is 1. The van der Waals surface area contributed by atoms with Crippen molar-refractivity contribution in [3.63, 3.8) is 0 Å². The zero-order chi connectivity index (χ0) is 18.7. The van der Waals surface area contributed by atoms with Crippen LogP contribution in [0.1, 0.15) is 18.2 Å². The molecule has 0 spiro atoms. The van der Waals surface area contributed by atoms with E-state index in [0.29, 0.717) is 22.5 Å². The van der Waals surface area contributed by atoms with Gasteiger partial charge in [0.25, 0.3) is 0 Å². The molecule has 0 aliphatic rings. The van der Waals surface area contributed by atoms with Crippen LogP contribution >= 0.6 is 23.4 Å². The SMILES string of the molecule is Cc1occc1-c1nnc(SC(C)C(=O)NCc2ccccc2Cl)n1C. The van der Waals surface area contributed by atoms with Crippen LogP contribution in [-0.2, 0) is 18.4 Å². The van der Waals surface area contributed by atoms with E-state index >= 15 is 0 Å². The van der Waals surface area contributed by atoms with Gasteiger partial charge in [0.1, 0.15) is 5.76 Å². The Hall–Kier alpha value is -2.25. The van der Waals surface area contributed by atoms with Gasteiger partial charge < -0.3 is 14.3 Å². The summed E-state index contributed by atoms with van der Waals surface area (Å²) in [6.45, 7) is 4.10. The second kappa shape index (κ2) is 7.97. The van der Waals surface area contributed by atoms with Gasteiger partial charge in [0, 0.05) is 18.6 Å². The highest BCUT2D eigenvalue weighted by Gasteiger charge is 2.20. The first-order valence-corrected chi connectivity index (χ1v) is 9.34. The van der Waals surface area contributed by atoms with Crippen LogP contribution in [-0.4, -0.2) is 25.9 Å². The van der Waals surface area contributed by atoms with Crippen LogP contribution in [0, 0.1) is 6.92 Å². The van der Waals surface area contributed by atoms with E-state index in [9.17, 15) is 4.79 Å². The van der Waals surface area contributed by atoms with E-state index in [1.165, 1.54) is 11.8 Å². The Balaban J connectivity index is 1.64. The number of carbonyl (C=O) groups is 1. The number of nitrogens with zero attached hydrogens (tertiary/aromatic N) is 3. The molecular formula is C18H19ClN4O2S. The maximum absolute atomic E-state index is 12.4. The van der Waals surface area contributed by atoms with Gasteiger partial charge in [-0.05, 0) is 31.5 Å². The highest BCUT2D eigenvalue weighted by atomic mass is 35.5. The zero-order valence-electron chi connectivity index (χ0n) is 14.7. The monoisotopic (exact) mass is 390 g/mol. The molecule has 0 aliphatic heterocycles. The topological polar surface area (TPSA) is 72.9 Å². The molecule has 136 valence electrons. The minimum atomic E-state index is -0.321. The molecule has 2 aromatic heterocycles. The summed E-state index contributed by atoms with van der Waals surface area (Å²) in [5, 5.41) is 12.3. The van der Waals surface area contributed by atoms with E-state index in [0.717, 1.165) is 16.9 Å². The summed E-state index contributed by atoms with van der Waals surface area (Å²) in [6, 6.07) is 9.31. The largest absolute Gasteiger partial charge is 0.469 e. The zero-order valence-corrected chi connectivity index (χ0v) is 16.3. The van der Waals surface area contributed by atoms with Crippen molar-refractivity contribution in [3.05, 3.63) is 52.9 Å². The Morgan fingerprint density at radius 3 is 2.81 bits per heavy atom. The maximum Gasteiger partial charge on any atom is 0.233 e. The van der Waals surface area contributed by atoms with Crippen LogP contribution in [0.25, 0.3) is 11.4 Å². The first-order valence-electron chi connectivity index (χ1n) is 8.09. The number of aromatic nitrogens is 3. The molecule has 0 fully saturated rings. The van der Waals surface area contributed by atoms with Gasteiger partial charge in [-0.3, -0.25) is 4.79 Å². The number of halogens is 1. The molecule has 3 rings (SSSR count). The van der Waals surface area contributed by atoms with Crippen LogP contribution in [0.2, 0.25) is 5.02 Å². The number of rotatable bonds is 6. The summed E-state index contributed by atoms with van der Waals surface area (Å²) in [6.07, 6.45) is 1.62. The van der Waals surface area contributed by atoms with E-state index in [1.54, 1.807) is 12.3 Å². The molecule has 8 heteroatoms. The lowest BCUT2D eigenvalue weighted by Crippen LogP contribution is -2.30. The van der Waals surface area contributed by atoms with Gasteiger partial charge in [-0.1, -0.05) is 41.6 Å². The summed E-state index contributed by atoms with van der Waals surface area (Å²) >= 11 is 7.47. The number of benzene rings is 1. The molecule has 6 nitrogen and oxygen atoms in total. The highest BCUT2D eigenvalue weighted by molar-refractivity contribution is 8.00. The van der Waals surface area contributed by atoms with Crippen molar-refractivity contribution in [2.45, 2.75) is 30.8 Å². The van der Waals surface area contributed by atoms with E-state index in [2.05, 4.69) is 15.5 Å². The number of hydrogen-bond donors (Lipinski definition) is 1. The van der Waals surface area contributed by atoms with Gasteiger partial charge in [0.2, 0.25) is 5.91 Å². The molecule has 1 atom stereocenters. The maximum atomic E-state index is 12.4. The third kappa shape index (κ3) is 3.94. The quantitative estimate of drug-likeness (QED) is 0.647. The molecule has 26 heavy (non-hydrogen) atoms. The molecule has 0 bridgehead atoms. The number of carbonyl (C=O) groups excluding carboxylic acids is 1. The van der Waals surface area contributed by atoms with E-state index < -0.39 is 0 Å². The Bertz CT molecular complexity index is 922. The molecule has 1 aromatic carbocycles. The van der Waals surface area contributed by atoms with Crippen molar-refractivity contribution in [1.29, 1.82) is 0 Å². The number of amides is 1. The Kier molecular flexibility index (Phi) is 5.68. The fraction of sp³-hybridized carbons (Fsp3) is 0.278. The van der Waals surface area contributed by atoms with Crippen molar-refractivity contribution < 1.29 is 9.21 Å². The Labute approximate surface area is 160 Å². The summed E-state index contributed by atoms with van der Waals surface area (Å²) in [4.78, 5) is 12.4. The van der Waals surface area contributed by atoms with Crippen molar-refractivity contribution in [2.75, 3.05) is 0 Å². The first kappa shape index (κ1) is 18.5. The second-order valence-electron chi connectivity index (χ2n) is 5.82. The van der Waals surface area contributed by atoms with E-state index in [4.69, 9.17) is 16.0 Å². The number of nitrogens with one attached hydrogen (secondary N) is 1. The van der Waals surface area contributed by atoms with Crippen LogP contribution in [0.4, 0.5) is 0 Å². The molecule has 1 unspecified atom stereocenters. The molecule has 0 saturated carbocycles. The summed E-state index contributed by atoms with van der Waals surface area (Å²) < 4.78 is 7.18. The van der Waals surface area contributed by atoms with Crippen molar-refractivity contribution in [1.82, 2.24) is 20.1 Å². The van der Waals surface area contributed by atoms with Crippen molar-refractivity contribution in [2.24, 2.45) is 7.05 Å². The predicted molar refractivity (Wildman–Crippen MR) is 102 cm³/mol. The van der Waals surface area contributed by atoms with Crippen LogP contribution in [0.5, 0.6) is 0 Å². The number of hydrogen-bond acceptors (Lipinski definition) is 5. The second-order valence-corrected chi connectivity index (χ2v) is 7.54. The fourth-order valence-corrected chi connectivity index (χ4v) is 3.49. The highest BCUT2D eigenvalue weighted by Crippen LogP contribution is 2.28. The lowest BCUT2D eigenvalue weighted by Gasteiger charge is -2.12. The van der Waals surface area contributed by atoms with E-state index in [1.807, 2.05) is 49.7 Å². The third-order valence-corrected chi connectivity index (χ3v) is 5.50. The Morgan fingerprint density at radius 2 is 2.12 bits per heavy atom. The fourth-order valence-electron chi connectivity index (χ4n) is 2.45. The third-order valence-electron chi connectivity index (χ3n) is 4.00. The lowest BCUT2D eigenvalue weighted by atomic mass is 10.2. The van der Waals surface area contributed by atoms with Gasteiger partial charge >= 0.3 is 0 Å². The lowest BCUT2D eigenvalue weighted by molar-refractivity contribution is -0.120. The molecule has 1 amide bonds. The van der Waals surface area contributed by atoms with Gasteiger partial charge in [-0.15, -0.1) is 10.2 Å². The minimum Gasteiger partial charge on any atom is -0.469 e. The average molecular weight is 391 g/mol. The predicted octanol–water partition coefficient (Wildman–Crippen LogP) is 3.83.